The van der Waals surface area contributed by atoms with E-state index in [0.717, 1.165) is 28.1 Å². The van der Waals surface area contributed by atoms with Gasteiger partial charge in [-0.05, 0) is 69.7 Å². The molecule has 0 aliphatic heterocycles. The maximum absolute atomic E-state index is 15.0. The molecule has 10 heteroatoms. The number of benzene rings is 3. The third-order valence-electron chi connectivity index (χ3n) is 5.92. The molecule has 0 fully saturated rings. The second-order valence-electron chi connectivity index (χ2n) is 9.25. The smallest absolute Gasteiger partial charge is 0.264 e. The molecule has 0 aliphatic carbocycles. The fourth-order valence-corrected chi connectivity index (χ4v) is 5.72. The highest BCUT2D eigenvalue weighted by Crippen LogP contribution is 2.38. The van der Waals surface area contributed by atoms with Crippen LogP contribution in [0.2, 0.25) is 5.02 Å². The van der Waals surface area contributed by atoms with Crippen molar-refractivity contribution in [2.24, 2.45) is 0 Å². The van der Waals surface area contributed by atoms with Crippen LogP contribution in [0.5, 0.6) is 5.75 Å². The highest BCUT2D eigenvalue weighted by molar-refractivity contribution is 7.92. The van der Waals surface area contributed by atoms with E-state index in [4.69, 9.17) is 16.3 Å². The number of rotatable bonds is 11. The summed E-state index contributed by atoms with van der Waals surface area (Å²) in [6, 6.07) is 13.9. The monoisotopic (exact) mass is 576 g/mol. The molecule has 3 aromatic rings. The van der Waals surface area contributed by atoms with E-state index < -0.39 is 33.4 Å². The summed E-state index contributed by atoms with van der Waals surface area (Å²) in [5.74, 6) is -1.41. The summed E-state index contributed by atoms with van der Waals surface area (Å²) in [6.45, 7) is 5.96. The Balaban J connectivity index is 1.93. The van der Waals surface area contributed by atoms with Crippen LogP contribution < -0.4 is 9.04 Å². The third-order valence-corrected chi connectivity index (χ3v) is 8.07. The number of likely N-dealkylation sites (N-methyl/N-ethyl adjacent to an activating group) is 1. The van der Waals surface area contributed by atoms with Gasteiger partial charge in [-0.2, -0.15) is 0 Å². The van der Waals surface area contributed by atoms with Crippen LogP contribution in [0.25, 0.3) is 0 Å². The van der Waals surface area contributed by atoms with Crippen LogP contribution in [-0.2, 0) is 14.8 Å². The molecule has 1 atom stereocenters. The Kier molecular flexibility index (Phi) is 10.1. The molecular formula is C29H31ClF2N2O4S. The van der Waals surface area contributed by atoms with Crippen molar-refractivity contribution in [2.45, 2.75) is 38.1 Å². The van der Waals surface area contributed by atoms with Crippen LogP contribution in [0.3, 0.4) is 0 Å². The van der Waals surface area contributed by atoms with E-state index in [2.05, 4.69) is 0 Å². The molecular weight excluding hydrogens is 546 g/mol. The number of carbonyl (C=O) groups is 1. The molecule has 0 saturated heterocycles. The van der Waals surface area contributed by atoms with E-state index >= 15 is 4.39 Å². The number of anilines is 1. The molecule has 0 bridgehead atoms. The van der Waals surface area contributed by atoms with E-state index in [9.17, 15) is 17.6 Å². The molecule has 0 spiro atoms. The molecule has 3 rings (SSSR count). The minimum absolute atomic E-state index is 0.107. The molecule has 39 heavy (non-hydrogen) atoms. The number of hydrogen-bond acceptors (Lipinski definition) is 4. The lowest BCUT2D eigenvalue weighted by Crippen LogP contribution is -2.34. The van der Waals surface area contributed by atoms with Gasteiger partial charge in [-0.3, -0.25) is 9.10 Å². The van der Waals surface area contributed by atoms with Gasteiger partial charge in [0.25, 0.3) is 10.0 Å². The van der Waals surface area contributed by atoms with Gasteiger partial charge in [-0.15, -0.1) is 0 Å². The van der Waals surface area contributed by atoms with Gasteiger partial charge in [0.1, 0.15) is 17.4 Å². The number of halogens is 3. The van der Waals surface area contributed by atoms with Crippen LogP contribution in [0, 0.1) is 11.6 Å². The topological polar surface area (TPSA) is 66.9 Å². The molecule has 6 nitrogen and oxygen atoms in total. The Morgan fingerprint density at radius 2 is 1.72 bits per heavy atom. The number of ether oxygens (including phenoxy) is 1. The standard InChI is InChI=1S/C29H31ClF2N2O4S/c1-20(2)18-29(35)33(4)16-7-17-38-28-9-6-5-8-25(28)21(3)34(27-19-23(31)12-15-26(27)32)39(36,37)24-13-10-22(30)11-14-24/h5-6,8-15,18-19,21H,7,16-17H2,1-4H3. The first-order valence-corrected chi connectivity index (χ1v) is 14.1. The molecule has 0 N–H and O–H groups in total. The summed E-state index contributed by atoms with van der Waals surface area (Å²) < 4.78 is 63.7. The van der Waals surface area contributed by atoms with Crippen molar-refractivity contribution < 1.29 is 26.7 Å². The number of nitrogens with zero attached hydrogens (tertiary/aromatic N) is 2. The van der Waals surface area contributed by atoms with E-state index in [1.807, 2.05) is 13.8 Å². The van der Waals surface area contributed by atoms with Gasteiger partial charge in [-0.1, -0.05) is 35.4 Å². The summed E-state index contributed by atoms with van der Waals surface area (Å²) in [5, 5.41) is 0.331. The minimum Gasteiger partial charge on any atom is -0.493 e. The summed E-state index contributed by atoms with van der Waals surface area (Å²) >= 11 is 5.94. The minimum atomic E-state index is -4.37. The molecule has 0 radical (unpaired) electrons. The Hall–Kier alpha value is -3.43. The second-order valence-corrected chi connectivity index (χ2v) is 11.5. The van der Waals surface area contributed by atoms with Crippen molar-refractivity contribution in [3.05, 3.63) is 101 Å². The average Bonchev–Trinajstić information content (AvgIpc) is 2.88. The lowest BCUT2D eigenvalue weighted by Gasteiger charge is -2.32. The number of carbonyl (C=O) groups excluding carboxylic acids is 1. The lowest BCUT2D eigenvalue weighted by molar-refractivity contribution is -0.124. The zero-order valence-electron chi connectivity index (χ0n) is 22.2. The molecule has 1 unspecified atom stereocenters. The number of sulfonamides is 1. The molecule has 0 saturated carbocycles. The first kappa shape index (κ1) is 30.1. The van der Waals surface area contributed by atoms with Gasteiger partial charge in [0, 0.05) is 36.3 Å². The summed E-state index contributed by atoms with van der Waals surface area (Å²) in [5.41, 5.74) is 0.915. The van der Waals surface area contributed by atoms with Crippen molar-refractivity contribution in [3.63, 3.8) is 0 Å². The molecule has 0 aromatic heterocycles. The third kappa shape index (κ3) is 7.58. The van der Waals surface area contributed by atoms with Crippen LogP contribution in [0.1, 0.15) is 38.8 Å². The Morgan fingerprint density at radius 1 is 1.05 bits per heavy atom. The predicted molar refractivity (Wildman–Crippen MR) is 150 cm³/mol. The summed E-state index contributed by atoms with van der Waals surface area (Å²) in [7, 11) is -2.67. The van der Waals surface area contributed by atoms with Gasteiger partial charge in [-0.25, -0.2) is 17.2 Å². The Labute approximate surface area is 233 Å². The summed E-state index contributed by atoms with van der Waals surface area (Å²) in [6.07, 6.45) is 2.08. The average molecular weight is 577 g/mol. The first-order valence-electron chi connectivity index (χ1n) is 12.3. The SMILES string of the molecule is CC(C)=CC(=O)N(C)CCCOc1ccccc1C(C)N(c1cc(F)ccc1F)S(=O)(=O)c1ccc(Cl)cc1. The van der Waals surface area contributed by atoms with E-state index in [1.54, 1.807) is 49.2 Å². The summed E-state index contributed by atoms with van der Waals surface area (Å²) in [4.78, 5) is 13.6. The number of para-hydroxylation sites is 1. The van der Waals surface area contributed by atoms with Crippen molar-refractivity contribution in [1.29, 1.82) is 0 Å². The van der Waals surface area contributed by atoms with Crippen LogP contribution in [0.15, 0.2) is 83.3 Å². The first-order chi connectivity index (χ1) is 18.4. The number of amides is 1. The highest BCUT2D eigenvalue weighted by atomic mass is 35.5. The van der Waals surface area contributed by atoms with Crippen LogP contribution >= 0.6 is 11.6 Å². The van der Waals surface area contributed by atoms with Gasteiger partial charge >= 0.3 is 0 Å². The van der Waals surface area contributed by atoms with Crippen LogP contribution in [0.4, 0.5) is 14.5 Å². The number of hydrogen-bond donors (Lipinski definition) is 0. The fraction of sp³-hybridized carbons (Fsp3) is 0.276. The largest absolute Gasteiger partial charge is 0.493 e. The molecule has 208 valence electrons. The maximum Gasteiger partial charge on any atom is 0.264 e. The number of allylic oxidation sites excluding steroid dienone is 1. The van der Waals surface area contributed by atoms with Gasteiger partial charge in [0.2, 0.25) is 5.91 Å². The molecule has 0 aliphatic rings. The molecule has 0 heterocycles. The van der Waals surface area contributed by atoms with Gasteiger partial charge < -0.3 is 9.64 Å². The lowest BCUT2D eigenvalue weighted by atomic mass is 10.1. The second kappa shape index (κ2) is 13.1. The van der Waals surface area contributed by atoms with Crippen molar-refractivity contribution in [1.82, 2.24) is 4.90 Å². The van der Waals surface area contributed by atoms with E-state index in [0.29, 0.717) is 29.3 Å². The Morgan fingerprint density at radius 3 is 2.38 bits per heavy atom. The predicted octanol–water partition coefficient (Wildman–Crippen LogP) is 6.77. The fourth-order valence-electron chi connectivity index (χ4n) is 3.96. The van der Waals surface area contributed by atoms with Crippen molar-refractivity contribution in [3.8, 4) is 5.75 Å². The highest BCUT2D eigenvalue weighted by Gasteiger charge is 2.34. The van der Waals surface area contributed by atoms with Gasteiger partial charge in [0.05, 0.1) is 23.2 Å². The van der Waals surface area contributed by atoms with E-state index in [1.165, 1.54) is 24.3 Å². The molecule has 1 amide bonds. The Bertz CT molecular complexity index is 1440. The zero-order valence-corrected chi connectivity index (χ0v) is 23.8. The van der Waals surface area contributed by atoms with E-state index in [-0.39, 0.29) is 17.4 Å². The quantitative estimate of drug-likeness (QED) is 0.187. The van der Waals surface area contributed by atoms with Crippen molar-refractivity contribution in [2.75, 3.05) is 24.5 Å². The van der Waals surface area contributed by atoms with Crippen LogP contribution in [-0.4, -0.2) is 39.4 Å². The maximum atomic E-state index is 15.0. The zero-order chi connectivity index (χ0) is 28.7. The van der Waals surface area contributed by atoms with Gasteiger partial charge in [0.15, 0.2) is 0 Å². The normalized spacial score (nSPS) is 12.0. The molecule has 3 aromatic carbocycles. The van der Waals surface area contributed by atoms with Crippen molar-refractivity contribution >= 4 is 33.2 Å².